The molecule has 0 radical (unpaired) electrons. The van der Waals surface area contributed by atoms with Gasteiger partial charge in [-0.15, -0.1) is 11.3 Å². The fraction of sp³-hybridized carbons (Fsp3) is 0.600. The van der Waals surface area contributed by atoms with Crippen LogP contribution in [0.4, 0.5) is 0 Å². The van der Waals surface area contributed by atoms with Crippen molar-refractivity contribution in [2.24, 2.45) is 5.92 Å². The average molecular weight is 247 g/mol. The van der Waals surface area contributed by atoms with E-state index in [1.54, 1.807) is 11.3 Å². The Kier molecular flexibility index (Phi) is 3.99. The molecule has 1 fully saturated rings. The van der Waals surface area contributed by atoms with Crippen LogP contribution in [0.5, 0.6) is 0 Å². The van der Waals surface area contributed by atoms with Gasteiger partial charge in [-0.2, -0.15) is 0 Å². The summed E-state index contributed by atoms with van der Waals surface area (Å²) in [6, 6.07) is 3.94. The molecule has 2 atom stereocenters. The smallest absolute Gasteiger partial charge is 0.0931 e. The highest BCUT2D eigenvalue weighted by atomic mass is 35.5. The number of aliphatic hydroxyl groups is 1. The fourth-order valence-electron chi connectivity index (χ4n) is 1.76. The normalized spacial score (nSPS) is 26.0. The second-order valence-electron chi connectivity index (χ2n) is 3.82. The third-order valence-electron chi connectivity index (χ3n) is 2.64. The van der Waals surface area contributed by atoms with Gasteiger partial charge in [-0.3, -0.25) is 0 Å². The minimum atomic E-state index is -0.204. The Morgan fingerprint density at radius 2 is 2.40 bits per heavy atom. The average Bonchev–Trinajstić information content (AvgIpc) is 2.77. The molecule has 5 heteroatoms. The van der Waals surface area contributed by atoms with Crippen molar-refractivity contribution in [3.05, 3.63) is 21.3 Å². The van der Waals surface area contributed by atoms with E-state index >= 15 is 0 Å². The van der Waals surface area contributed by atoms with Crippen molar-refractivity contribution in [2.45, 2.75) is 12.6 Å². The third-order valence-corrected chi connectivity index (χ3v) is 3.87. The van der Waals surface area contributed by atoms with E-state index in [0.29, 0.717) is 5.92 Å². The van der Waals surface area contributed by atoms with Crippen molar-refractivity contribution in [1.29, 1.82) is 0 Å². The van der Waals surface area contributed by atoms with Crippen LogP contribution in [0.1, 0.15) is 4.88 Å². The lowest BCUT2D eigenvalue weighted by Crippen LogP contribution is -2.29. The Balaban J connectivity index is 1.70. The van der Waals surface area contributed by atoms with Crippen LogP contribution in [0.3, 0.4) is 0 Å². The zero-order chi connectivity index (χ0) is 10.7. The number of thiophene rings is 1. The van der Waals surface area contributed by atoms with Gasteiger partial charge in [-0.05, 0) is 12.1 Å². The summed E-state index contributed by atoms with van der Waals surface area (Å²) in [7, 11) is 0. The molecule has 1 aromatic rings. The molecular weight excluding hydrogens is 232 g/mol. The van der Waals surface area contributed by atoms with E-state index < -0.39 is 0 Å². The van der Waals surface area contributed by atoms with Crippen LogP contribution in [-0.4, -0.2) is 30.8 Å². The summed E-state index contributed by atoms with van der Waals surface area (Å²) < 4.78 is 0.828. The van der Waals surface area contributed by atoms with Gasteiger partial charge in [0.2, 0.25) is 0 Å². The Bertz CT molecular complexity index is 318. The third kappa shape index (κ3) is 3.16. The first-order chi connectivity index (χ1) is 7.25. The molecule has 15 heavy (non-hydrogen) atoms. The van der Waals surface area contributed by atoms with Gasteiger partial charge >= 0.3 is 0 Å². The molecule has 1 aromatic heterocycles. The van der Waals surface area contributed by atoms with Crippen molar-refractivity contribution in [3.63, 3.8) is 0 Å². The lowest BCUT2D eigenvalue weighted by molar-refractivity contribution is 0.146. The lowest BCUT2D eigenvalue weighted by Gasteiger charge is -2.13. The number of halogens is 1. The summed E-state index contributed by atoms with van der Waals surface area (Å²) in [5.74, 6) is 0.334. The molecule has 3 N–H and O–H groups in total. The van der Waals surface area contributed by atoms with Crippen molar-refractivity contribution in [2.75, 3.05) is 19.6 Å². The van der Waals surface area contributed by atoms with Crippen molar-refractivity contribution in [3.8, 4) is 0 Å². The number of hydrogen-bond donors (Lipinski definition) is 3. The molecule has 2 rings (SSSR count). The Morgan fingerprint density at radius 1 is 1.53 bits per heavy atom. The molecule has 2 heterocycles. The maximum absolute atomic E-state index is 9.57. The highest BCUT2D eigenvalue weighted by molar-refractivity contribution is 7.16. The lowest BCUT2D eigenvalue weighted by atomic mass is 10.1. The van der Waals surface area contributed by atoms with Crippen molar-refractivity contribution in [1.82, 2.24) is 10.6 Å². The van der Waals surface area contributed by atoms with Gasteiger partial charge in [0.25, 0.3) is 0 Å². The van der Waals surface area contributed by atoms with Crippen molar-refractivity contribution < 1.29 is 5.11 Å². The van der Waals surface area contributed by atoms with Crippen LogP contribution < -0.4 is 10.6 Å². The molecule has 0 amide bonds. The molecule has 3 nitrogen and oxygen atoms in total. The van der Waals surface area contributed by atoms with Crippen LogP contribution in [0, 0.1) is 5.92 Å². The van der Waals surface area contributed by atoms with E-state index in [0.717, 1.165) is 30.5 Å². The molecule has 1 saturated heterocycles. The first-order valence-corrected chi connectivity index (χ1v) is 6.29. The van der Waals surface area contributed by atoms with Crippen LogP contribution in [0.2, 0.25) is 4.34 Å². The molecule has 1 aliphatic heterocycles. The summed E-state index contributed by atoms with van der Waals surface area (Å²) in [5.41, 5.74) is 0. The van der Waals surface area contributed by atoms with Gasteiger partial charge in [-0.1, -0.05) is 11.6 Å². The second-order valence-corrected chi connectivity index (χ2v) is 5.62. The highest BCUT2D eigenvalue weighted by Gasteiger charge is 2.23. The van der Waals surface area contributed by atoms with E-state index in [9.17, 15) is 5.11 Å². The maximum Gasteiger partial charge on any atom is 0.0931 e. The Morgan fingerprint density at radius 3 is 3.00 bits per heavy atom. The van der Waals surface area contributed by atoms with Gasteiger partial charge in [0.05, 0.1) is 10.4 Å². The van der Waals surface area contributed by atoms with E-state index in [-0.39, 0.29) is 6.10 Å². The topological polar surface area (TPSA) is 44.3 Å². The second kappa shape index (κ2) is 5.27. The molecule has 0 aliphatic carbocycles. The maximum atomic E-state index is 9.57. The monoisotopic (exact) mass is 246 g/mol. The molecule has 1 aliphatic rings. The predicted octanol–water partition coefficient (Wildman–Crippen LogP) is 1.07. The molecule has 0 aromatic carbocycles. The minimum Gasteiger partial charge on any atom is -0.391 e. The summed E-state index contributed by atoms with van der Waals surface area (Å²) >= 11 is 7.43. The number of rotatable bonds is 4. The van der Waals surface area contributed by atoms with E-state index in [1.807, 2.05) is 12.1 Å². The summed E-state index contributed by atoms with van der Waals surface area (Å²) in [6.07, 6.45) is -0.204. The fourth-order valence-corrected chi connectivity index (χ4v) is 2.81. The quantitative estimate of drug-likeness (QED) is 0.745. The Labute approximate surface area is 98.5 Å². The standard InChI is InChI=1S/C10H15ClN2OS/c11-10-2-1-8(15-10)5-12-3-7-4-13-6-9(7)14/h1-2,7,9,12-14H,3-6H2. The first kappa shape index (κ1) is 11.4. The van der Waals surface area contributed by atoms with Crippen LogP contribution >= 0.6 is 22.9 Å². The number of nitrogens with one attached hydrogen (secondary N) is 2. The van der Waals surface area contributed by atoms with Gasteiger partial charge < -0.3 is 15.7 Å². The SMILES string of the molecule is OC1CNCC1CNCc1ccc(Cl)s1. The van der Waals surface area contributed by atoms with Crippen LogP contribution in [0.25, 0.3) is 0 Å². The van der Waals surface area contributed by atoms with Gasteiger partial charge in [0.1, 0.15) is 0 Å². The molecular formula is C10H15ClN2OS. The van der Waals surface area contributed by atoms with Crippen LogP contribution in [0.15, 0.2) is 12.1 Å². The number of hydrogen-bond acceptors (Lipinski definition) is 4. The Hall–Kier alpha value is -0.130. The largest absolute Gasteiger partial charge is 0.391 e. The summed E-state index contributed by atoms with van der Waals surface area (Å²) in [5, 5.41) is 16.1. The van der Waals surface area contributed by atoms with Gasteiger partial charge in [-0.25, -0.2) is 0 Å². The predicted molar refractivity (Wildman–Crippen MR) is 63.4 cm³/mol. The van der Waals surface area contributed by atoms with E-state index in [4.69, 9.17) is 11.6 Å². The molecule has 2 unspecified atom stereocenters. The zero-order valence-electron chi connectivity index (χ0n) is 8.37. The minimum absolute atomic E-state index is 0.204. The molecule has 0 spiro atoms. The van der Waals surface area contributed by atoms with Crippen LogP contribution in [-0.2, 0) is 6.54 Å². The van der Waals surface area contributed by atoms with E-state index in [2.05, 4.69) is 10.6 Å². The highest BCUT2D eigenvalue weighted by Crippen LogP contribution is 2.21. The van der Waals surface area contributed by atoms with Gasteiger partial charge in [0.15, 0.2) is 0 Å². The first-order valence-electron chi connectivity index (χ1n) is 5.09. The van der Waals surface area contributed by atoms with Crippen molar-refractivity contribution >= 4 is 22.9 Å². The number of β-amino-alcohol motifs (C(OH)–C–C–N with tert-alkyl or cyclic N) is 1. The molecule has 0 saturated carbocycles. The molecule has 0 bridgehead atoms. The summed E-state index contributed by atoms with van der Waals surface area (Å²) in [4.78, 5) is 1.24. The van der Waals surface area contributed by atoms with Gasteiger partial charge in [0, 0.05) is 37.0 Å². The van der Waals surface area contributed by atoms with E-state index in [1.165, 1.54) is 4.88 Å². The number of aliphatic hydroxyl groups excluding tert-OH is 1. The zero-order valence-corrected chi connectivity index (χ0v) is 9.94. The summed E-state index contributed by atoms with van der Waals surface area (Å²) in [6.45, 7) is 3.31. The molecule has 84 valence electrons.